The quantitative estimate of drug-likeness (QED) is 0.893. The largest absolute Gasteiger partial charge is 0.385 e. The third-order valence-corrected chi connectivity index (χ3v) is 2.85. The average molecular weight is 259 g/mol. The highest BCUT2D eigenvalue weighted by molar-refractivity contribution is 5.47. The Balaban J connectivity index is 2.10. The fourth-order valence-corrected chi connectivity index (χ4v) is 1.93. The van der Waals surface area contributed by atoms with E-state index >= 15 is 0 Å². The van der Waals surface area contributed by atoms with E-state index in [0.29, 0.717) is 6.54 Å². The average Bonchev–Trinajstić information content (AvgIpc) is 2.39. The lowest BCUT2D eigenvalue weighted by atomic mass is 10.2. The normalized spacial score (nSPS) is 10.3. The number of anilines is 2. The van der Waals surface area contributed by atoms with E-state index in [1.54, 1.807) is 12.3 Å². The Labute approximate surface area is 113 Å². The van der Waals surface area contributed by atoms with E-state index < -0.39 is 0 Å². The van der Waals surface area contributed by atoms with Crippen LogP contribution < -0.4 is 10.2 Å². The zero-order valence-corrected chi connectivity index (χ0v) is 11.2. The van der Waals surface area contributed by atoms with Crippen LogP contribution in [0.4, 0.5) is 15.8 Å². The predicted molar refractivity (Wildman–Crippen MR) is 76.9 cm³/mol. The van der Waals surface area contributed by atoms with E-state index in [1.165, 1.54) is 12.1 Å². The lowest BCUT2D eigenvalue weighted by Crippen LogP contribution is -2.17. The summed E-state index contributed by atoms with van der Waals surface area (Å²) in [6, 6.07) is 10.5. The number of rotatable bonds is 5. The van der Waals surface area contributed by atoms with Crippen molar-refractivity contribution in [2.45, 2.75) is 13.5 Å². The highest BCUT2D eigenvalue weighted by Crippen LogP contribution is 2.17. The molecular formula is C15H18FN3. The van der Waals surface area contributed by atoms with Crippen LogP contribution in [0, 0.1) is 5.82 Å². The number of aromatic nitrogens is 1. The summed E-state index contributed by atoms with van der Waals surface area (Å²) < 4.78 is 13.2. The Bertz CT molecular complexity index is 542. The van der Waals surface area contributed by atoms with Crippen LogP contribution >= 0.6 is 0 Å². The van der Waals surface area contributed by atoms with Crippen molar-refractivity contribution in [1.29, 1.82) is 0 Å². The van der Waals surface area contributed by atoms with Gasteiger partial charge in [0, 0.05) is 31.2 Å². The molecule has 0 bridgehead atoms. The van der Waals surface area contributed by atoms with Gasteiger partial charge in [-0.1, -0.05) is 6.07 Å². The van der Waals surface area contributed by atoms with Crippen LogP contribution in [0.2, 0.25) is 0 Å². The SMILES string of the molecule is CCNc1ccnc(CN(C)c2cccc(F)c2)c1. The maximum atomic E-state index is 13.2. The van der Waals surface area contributed by atoms with Crippen molar-refractivity contribution in [3.05, 3.63) is 54.1 Å². The summed E-state index contributed by atoms with van der Waals surface area (Å²) in [6.07, 6.45) is 1.78. The fourth-order valence-electron chi connectivity index (χ4n) is 1.93. The third kappa shape index (κ3) is 3.68. The molecular weight excluding hydrogens is 241 g/mol. The van der Waals surface area contributed by atoms with Crippen molar-refractivity contribution >= 4 is 11.4 Å². The lowest BCUT2D eigenvalue weighted by molar-refractivity contribution is 0.627. The summed E-state index contributed by atoms with van der Waals surface area (Å²) in [5, 5.41) is 3.25. The van der Waals surface area contributed by atoms with Gasteiger partial charge in [-0.05, 0) is 37.3 Å². The number of nitrogens with zero attached hydrogens (tertiary/aromatic N) is 2. The molecule has 3 nitrogen and oxygen atoms in total. The monoisotopic (exact) mass is 259 g/mol. The van der Waals surface area contributed by atoms with Gasteiger partial charge in [0.05, 0.1) is 12.2 Å². The Morgan fingerprint density at radius 3 is 2.84 bits per heavy atom. The first-order valence-corrected chi connectivity index (χ1v) is 6.34. The minimum absolute atomic E-state index is 0.223. The van der Waals surface area contributed by atoms with E-state index in [-0.39, 0.29) is 5.82 Å². The molecule has 0 fully saturated rings. The zero-order valence-electron chi connectivity index (χ0n) is 11.2. The Morgan fingerprint density at radius 1 is 1.26 bits per heavy atom. The van der Waals surface area contributed by atoms with Crippen LogP contribution in [0.15, 0.2) is 42.6 Å². The van der Waals surface area contributed by atoms with Crippen LogP contribution in [0.25, 0.3) is 0 Å². The van der Waals surface area contributed by atoms with Gasteiger partial charge in [-0.15, -0.1) is 0 Å². The maximum absolute atomic E-state index is 13.2. The van der Waals surface area contributed by atoms with E-state index in [2.05, 4.69) is 17.2 Å². The van der Waals surface area contributed by atoms with Crippen LogP contribution in [0.1, 0.15) is 12.6 Å². The second-order valence-corrected chi connectivity index (χ2v) is 4.40. The van der Waals surface area contributed by atoms with Gasteiger partial charge >= 0.3 is 0 Å². The molecule has 0 radical (unpaired) electrons. The summed E-state index contributed by atoms with van der Waals surface area (Å²) >= 11 is 0. The first-order chi connectivity index (χ1) is 9.19. The Morgan fingerprint density at radius 2 is 2.11 bits per heavy atom. The second kappa shape index (κ2) is 6.18. The van der Waals surface area contributed by atoms with Gasteiger partial charge in [0.25, 0.3) is 0 Å². The fraction of sp³-hybridized carbons (Fsp3) is 0.267. The van der Waals surface area contributed by atoms with E-state index in [9.17, 15) is 4.39 Å². The van der Waals surface area contributed by atoms with Gasteiger partial charge in [0.15, 0.2) is 0 Å². The molecule has 0 spiro atoms. The summed E-state index contributed by atoms with van der Waals surface area (Å²) in [7, 11) is 1.93. The van der Waals surface area contributed by atoms with Crippen molar-refractivity contribution in [3.8, 4) is 0 Å². The number of nitrogens with one attached hydrogen (secondary N) is 1. The van der Waals surface area contributed by atoms with Crippen molar-refractivity contribution in [2.24, 2.45) is 0 Å². The van der Waals surface area contributed by atoms with Crippen molar-refractivity contribution in [2.75, 3.05) is 23.8 Å². The number of hydrogen-bond donors (Lipinski definition) is 1. The van der Waals surface area contributed by atoms with Crippen molar-refractivity contribution in [1.82, 2.24) is 4.98 Å². The van der Waals surface area contributed by atoms with Gasteiger partial charge in [-0.25, -0.2) is 4.39 Å². The van der Waals surface area contributed by atoms with Crippen LogP contribution in [-0.4, -0.2) is 18.6 Å². The van der Waals surface area contributed by atoms with Gasteiger partial charge in [0.2, 0.25) is 0 Å². The maximum Gasteiger partial charge on any atom is 0.125 e. The Hall–Kier alpha value is -2.10. The number of hydrogen-bond acceptors (Lipinski definition) is 3. The highest BCUT2D eigenvalue weighted by atomic mass is 19.1. The molecule has 0 saturated carbocycles. The van der Waals surface area contributed by atoms with Gasteiger partial charge in [-0.3, -0.25) is 4.98 Å². The van der Waals surface area contributed by atoms with Gasteiger partial charge in [-0.2, -0.15) is 0 Å². The minimum atomic E-state index is -0.223. The summed E-state index contributed by atoms with van der Waals surface area (Å²) in [5.41, 5.74) is 2.85. The molecule has 0 aliphatic heterocycles. The number of halogens is 1. The molecule has 1 aromatic heterocycles. The first kappa shape index (κ1) is 13.3. The van der Waals surface area contributed by atoms with Gasteiger partial charge < -0.3 is 10.2 Å². The summed E-state index contributed by atoms with van der Waals surface area (Å²) in [5.74, 6) is -0.223. The topological polar surface area (TPSA) is 28.2 Å². The van der Waals surface area contributed by atoms with E-state index in [0.717, 1.165) is 23.6 Å². The molecule has 100 valence electrons. The number of pyridine rings is 1. The zero-order chi connectivity index (χ0) is 13.7. The molecule has 1 heterocycles. The lowest BCUT2D eigenvalue weighted by Gasteiger charge is -2.19. The molecule has 0 aliphatic rings. The smallest absolute Gasteiger partial charge is 0.125 e. The molecule has 1 aromatic carbocycles. The highest BCUT2D eigenvalue weighted by Gasteiger charge is 2.04. The van der Waals surface area contributed by atoms with Crippen LogP contribution in [-0.2, 0) is 6.54 Å². The van der Waals surface area contributed by atoms with Crippen molar-refractivity contribution < 1.29 is 4.39 Å². The van der Waals surface area contributed by atoms with Crippen LogP contribution in [0.3, 0.4) is 0 Å². The molecule has 4 heteroatoms. The minimum Gasteiger partial charge on any atom is -0.385 e. The summed E-state index contributed by atoms with van der Waals surface area (Å²) in [6.45, 7) is 3.57. The first-order valence-electron chi connectivity index (χ1n) is 6.34. The number of benzene rings is 1. The van der Waals surface area contributed by atoms with Gasteiger partial charge in [0.1, 0.15) is 5.82 Å². The molecule has 2 aromatic rings. The Kier molecular flexibility index (Phi) is 4.34. The molecule has 1 N–H and O–H groups in total. The van der Waals surface area contributed by atoms with Crippen LogP contribution in [0.5, 0.6) is 0 Å². The molecule has 0 unspecified atom stereocenters. The summed E-state index contributed by atoms with van der Waals surface area (Å²) in [4.78, 5) is 6.31. The molecule has 0 atom stereocenters. The molecule has 2 rings (SSSR count). The van der Waals surface area contributed by atoms with E-state index in [1.807, 2.05) is 30.1 Å². The standard InChI is InChI=1S/C15H18FN3/c1-3-17-13-7-8-18-14(10-13)11-19(2)15-6-4-5-12(16)9-15/h4-10H,3,11H2,1-2H3,(H,17,18). The van der Waals surface area contributed by atoms with E-state index in [4.69, 9.17) is 0 Å². The van der Waals surface area contributed by atoms with Crippen molar-refractivity contribution in [3.63, 3.8) is 0 Å². The predicted octanol–water partition coefficient (Wildman–Crippen LogP) is 3.29. The molecule has 0 amide bonds. The molecule has 0 saturated heterocycles. The molecule has 19 heavy (non-hydrogen) atoms. The second-order valence-electron chi connectivity index (χ2n) is 4.40. The molecule has 0 aliphatic carbocycles. The third-order valence-electron chi connectivity index (χ3n) is 2.85.